The Bertz CT molecular complexity index is 1640. The van der Waals surface area contributed by atoms with Crippen molar-refractivity contribution >= 4 is 22.5 Å². The highest BCUT2D eigenvalue weighted by atomic mass is 32.2. The van der Waals surface area contributed by atoms with Crippen molar-refractivity contribution < 1.29 is 23.7 Å². The van der Waals surface area contributed by atoms with Crippen molar-refractivity contribution in [3.63, 3.8) is 0 Å². The summed E-state index contributed by atoms with van der Waals surface area (Å²) in [5.74, 6) is 0. The molecule has 5 aromatic rings. The average molecular weight is 605 g/mol. The van der Waals surface area contributed by atoms with Crippen molar-refractivity contribution in [1.29, 1.82) is 0 Å². The zero-order chi connectivity index (χ0) is 29.7. The summed E-state index contributed by atoms with van der Waals surface area (Å²) in [4.78, 5) is 1.11. The van der Waals surface area contributed by atoms with Gasteiger partial charge in [-0.25, -0.2) is 0 Å². The Morgan fingerprint density at radius 2 is 1.39 bits per heavy atom. The third kappa shape index (κ3) is 6.61. The normalized spacial score (nSPS) is 25.0. The fourth-order valence-electron chi connectivity index (χ4n) is 5.91. The lowest BCUT2D eigenvalue weighted by molar-refractivity contribution is -0.329. The van der Waals surface area contributed by atoms with E-state index in [0.717, 1.165) is 21.6 Å². The van der Waals surface area contributed by atoms with Crippen LogP contribution in [0.2, 0.25) is 0 Å². The van der Waals surface area contributed by atoms with Crippen LogP contribution in [0.25, 0.3) is 10.8 Å². The number of hydrogen-bond donors (Lipinski definition) is 0. The molecule has 0 spiro atoms. The van der Waals surface area contributed by atoms with Gasteiger partial charge in [0, 0.05) is 10.5 Å². The van der Waals surface area contributed by atoms with Crippen molar-refractivity contribution in [2.45, 2.75) is 61.2 Å². The van der Waals surface area contributed by atoms with Crippen LogP contribution in [0.1, 0.15) is 28.5 Å². The number of hydrogen-bond acceptors (Lipinski definition) is 6. The maximum atomic E-state index is 6.89. The molecule has 0 saturated carbocycles. The van der Waals surface area contributed by atoms with E-state index in [0.29, 0.717) is 19.8 Å². The Morgan fingerprint density at radius 1 is 0.682 bits per heavy atom. The second-order valence-electron chi connectivity index (χ2n) is 11.3. The number of aryl methyl sites for hydroxylation is 1. The van der Waals surface area contributed by atoms with Gasteiger partial charge in [-0.2, -0.15) is 0 Å². The summed E-state index contributed by atoms with van der Waals surface area (Å²) >= 11 is 1.66. The van der Waals surface area contributed by atoms with Gasteiger partial charge in [-0.15, -0.1) is 0 Å². The fourth-order valence-corrected chi connectivity index (χ4v) is 7.04. The third-order valence-corrected chi connectivity index (χ3v) is 9.38. The first-order chi connectivity index (χ1) is 21.7. The fraction of sp³-hybridized carbons (Fsp3) is 0.263. The van der Waals surface area contributed by atoms with Crippen molar-refractivity contribution in [3.05, 3.63) is 150 Å². The summed E-state index contributed by atoms with van der Waals surface area (Å²) in [7, 11) is 0. The number of ether oxygens (including phenoxy) is 5. The topological polar surface area (TPSA) is 46.2 Å². The van der Waals surface area contributed by atoms with Crippen LogP contribution < -0.4 is 0 Å². The second kappa shape index (κ2) is 13.7. The van der Waals surface area contributed by atoms with Gasteiger partial charge < -0.3 is 23.7 Å². The molecule has 0 aromatic heterocycles. The Balaban J connectivity index is 1.22. The Labute approximate surface area is 263 Å². The van der Waals surface area contributed by atoms with Crippen molar-refractivity contribution in [2.75, 3.05) is 6.61 Å². The number of thioether (sulfide) groups is 1. The zero-order valence-electron chi connectivity index (χ0n) is 24.7. The zero-order valence-corrected chi connectivity index (χ0v) is 25.5. The largest absolute Gasteiger partial charge is 0.368 e. The third-order valence-electron chi connectivity index (χ3n) is 8.23. The molecule has 2 aliphatic rings. The summed E-state index contributed by atoms with van der Waals surface area (Å²) in [6.07, 6.45) is -2.02. The van der Waals surface area contributed by atoms with E-state index >= 15 is 0 Å². The molecule has 0 N–H and O–H groups in total. The Kier molecular flexibility index (Phi) is 9.07. The molecule has 0 amide bonds. The predicted octanol–water partition coefficient (Wildman–Crippen LogP) is 8.25. The first kappa shape index (κ1) is 29.2. The smallest absolute Gasteiger partial charge is 0.184 e. The standard InChI is InChI=1S/C38H36O5S/c1-26-19-21-31(22-20-26)44-38-36(40-24-30-17-10-16-28-13-8-9-18-32(28)30)35(39-23-27-11-4-2-5-12-27)34-33(42-38)25-41-37(43-34)29-14-6-3-7-15-29/h2-22,33-38H,23-25H2,1H3/t33-,34-,35+,36-,37-,38+/m1/s1. The molecule has 44 heavy (non-hydrogen) atoms. The van der Waals surface area contributed by atoms with E-state index in [1.54, 1.807) is 11.8 Å². The van der Waals surface area contributed by atoms with Crippen molar-refractivity contribution in [2.24, 2.45) is 0 Å². The molecule has 6 atom stereocenters. The van der Waals surface area contributed by atoms with Crippen molar-refractivity contribution in [1.82, 2.24) is 0 Å². The minimum Gasteiger partial charge on any atom is -0.368 e. The van der Waals surface area contributed by atoms with Gasteiger partial charge in [-0.3, -0.25) is 0 Å². The highest BCUT2D eigenvalue weighted by molar-refractivity contribution is 7.99. The molecule has 6 heteroatoms. The summed E-state index contributed by atoms with van der Waals surface area (Å²) in [6.45, 7) is 3.35. The van der Waals surface area contributed by atoms with Gasteiger partial charge in [0.25, 0.3) is 0 Å². The minimum atomic E-state index is -0.510. The number of fused-ring (bicyclic) bond motifs is 2. The van der Waals surface area contributed by atoms with E-state index in [2.05, 4.69) is 85.8 Å². The van der Waals surface area contributed by atoms with Crippen LogP contribution >= 0.6 is 11.8 Å². The maximum absolute atomic E-state index is 6.89. The molecule has 5 aromatic carbocycles. The second-order valence-corrected chi connectivity index (χ2v) is 12.5. The van der Waals surface area contributed by atoms with Gasteiger partial charge in [0.15, 0.2) is 6.29 Å². The van der Waals surface area contributed by atoms with E-state index in [9.17, 15) is 0 Å². The molecular formula is C38H36O5S. The van der Waals surface area contributed by atoms with Crippen LogP contribution in [0.4, 0.5) is 0 Å². The lowest BCUT2D eigenvalue weighted by atomic mass is 9.97. The molecule has 224 valence electrons. The average Bonchev–Trinajstić information content (AvgIpc) is 3.08. The highest BCUT2D eigenvalue weighted by Gasteiger charge is 2.51. The van der Waals surface area contributed by atoms with Gasteiger partial charge in [0.2, 0.25) is 0 Å². The maximum Gasteiger partial charge on any atom is 0.184 e. The van der Waals surface area contributed by atoms with Crippen LogP contribution in [0.3, 0.4) is 0 Å². The van der Waals surface area contributed by atoms with Gasteiger partial charge >= 0.3 is 0 Å². The summed E-state index contributed by atoms with van der Waals surface area (Å²) in [5, 5.41) is 2.37. The molecule has 0 radical (unpaired) electrons. The van der Waals surface area contributed by atoms with Gasteiger partial charge in [0.05, 0.1) is 19.8 Å². The minimum absolute atomic E-state index is 0.309. The highest BCUT2D eigenvalue weighted by Crippen LogP contribution is 2.42. The van der Waals surface area contributed by atoms with Crippen LogP contribution in [-0.2, 0) is 36.9 Å². The van der Waals surface area contributed by atoms with Crippen LogP contribution in [0, 0.1) is 6.92 Å². The van der Waals surface area contributed by atoms with E-state index in [1.807, 2.05) is 48.5 Å². The first-order valence-corrected chi connectivity index (χ1v) is 16.0. The molecule has 0 bridgehead atoms. The Hall–Kier alpha value is -3.49. The van der Waals surface area contributed by atoms with E-state index in [4.69, 9.17) is 23.7 Å². The molecule has 5 nitrogen and oxygen atoms in total. The van der Waals surface area contributed by atoms with Gasteiger partial charge in [-0.05, 0) is 41.0 Å². The van der Waals surface area contributed by atoms with Gasteiger partial charge in [0.1, 0.15) is 29.9 Å². The van der Waals surface area contributed by atoms with Crippen molar-refractivity contribution in [3.8, 4) is 0 Å². The molecule has 7 rings (SSSR count). The number of benzene rings is 5. The summed E-state index contributed by atoms with van der Waals surface area (Å²) < 4.78 is 33.4. The molecule has 2 saturated heterocycles. The molecule has 2 aliphatic heterocycles. The molecule has 2 heterocycles. The van der Waals surface area contributed by atoms with E-state index in [-0.39, 0.29) is 17.6 Å². The quantitative estimate of drug-likeness (QED) is 0.169. The molecule has 2 fully saturated rings. The van der Waals surface area contributed by atoms with Gasteiger partial charge in [-0.1, -0.05) is 133 Å². The molecule has 0 unspecified atom stereocenters. The summed E-state index contributed by atoms with van der Waals surface area (Å²) in [6, 6.07) is 43.6. The van der Waals surface area contributed by atoms with Crippen LogP contribution in [-0.4, -0.2) is 36.5 Å². The van der Waals surface area contributed by atoms with E-state index in [1.165, 1.54) is 16.3 Å². The lowest BCUT2D eigenvalue weighted by Crippen LogP contribution is -2.62. The van der Waals surface area contributed by atoms with E-state index < -0.39 is 18.5 Å². The first-order valence-electron chi connectivity index (χ1n) is 15.2. The molecule has 0 aliphatic carbocycles. The predicted molar refractivity (Wildman–Crippen MR) is 173 cm³/mol. The van der Waals surface area contributed by atoms with Crippen LogP contribution in [0.15, 0.2) is 132 Å². The monoisotopic (exact) mass is 604 g/mol. The Morgan fingerprint density at radius 3 is 2.20 bits per heavy atom. The van der Waals surface area contributed by atoms with Crippen LogP contribution in [0.5, 0.6) is 0 Å². The number of rotatable bonds is 9. The summed E-state index contributed by atoms with van der Waals surface area (Å²) in [5.41, 5.74) is 4.07. The molecular weight excluding hydrogens is 568 g/mol. The SMILES string of the molecule is Cc1ccc(S[C@@H]2O[C@@H]3CO[C@@H](c4ccccc4)O[C@H]3[C@H](OCc3ccccc3)[C@H]2OCc2cccc3ccccc23)cc1. The lowest BCUT2D eigenvalue weighted by Gasteiger charge is -2.49.